The highest BCUT2D eigenvalue weighted by molar-refractivity contribution is 6.10. The predicted octanol–water partition coefficient (Wildman–Crippen LogP) is 6.21. The average molecular weight is 546 g/mol. The van der Waals surface area contributed by atoms with Gasteiger partial charge >= 0.3 is 6.18 Å². The molecule has 0 saturated heterocycles. The second-order valence-corrected chi connectivity index (χ2v) is 11.1. The third kappa shape index (κ3) is 4.79. The van der Waals surface area contributed by atoms with Crippen LogP contribution in [0.1, 0.15) is 76.1 Å². The molecule has 4 aromatic rings. The molecule has 1 fully saturated rings. The number of amides is 1. The van der Waals surface area contributed by atoms with Crippen LogP contribution < -0.4 is 10.2 Å². The van der Waals surface area contributed by atoms with Crippen LogP contribution in [0.15, 0.2) is 73.1 Å². The quantitative estimate of drug-likeness (QED) is 0.300. The van der Waals surface area contributed by atoms with E-state index in [1.165, 1.54) is 11.0 Å². The van der Waals surface area contributed by atoms with E-state index in [2.05, 4.69) is 22.4 Å². The maximum absolute atomic E-state index is 14.2. The number of alkyl halides is 3. The molecule has 1 N–H and O–H groups in total. The fourth-order valence-electron chi connectivity index (χ4n) is 5.79. The highest BCUT2D eigenvalue weighted by Crippen LogP contribution is 2.41. The zero-order chi connectivity index (χ0) is 28.1. The minimum Gasteiger partial charge on any atom is -0.320 e. The van der Waals surface area contributed by atoms with Crippen molar-refractivity contribution in [1.29, 1.82) is 0 Å². The van der Waals surface area contributed by atoms with Crippen LogP contribution in [0, 0.1) is 0 Å². The maximum Gasteiger partial charge on any atom is 0.416 e. The van der Waals surface area contributed by atoms with E-state index in [1.807, 2.05) is 60.1 Å². The van der Waals surface area contributed by atoms with Crippen molar-refractivity contribution >= 4 is 11.6 Å². The number of rotatable bonds is 7. The van der Waals surface area contributed by atoms with E-state index in [-0.39, 0.29) is 35.7 Å². The molecule has 6 rings (SSSR count). The number of nitrogens with zero attached hydrogens (tertiary/aromatic N) is 4. The molecule has 0 radical (unpaired) electrons. The van der Waals surface area contributed by atoms with Gasteiger partial charge in [0.15, 0.2) is 0 Å². The number of benzene rings is 3. The van der Waals surface area contributed by atoms with Crippen LogP contribution in [0.3, 0.4) is 0 Å². The summed E-state index contributed by atoms with van der Waals surface area (Å²) in [5, 5.41) is 11.8. The molecule has 206 valence electrons. The molecule has 1 aliphatic heterocycles. The lowest BCUT2D eigenvalue weighted by Gasteiger charge is -2.39. The van der Waals surface area contributed by atoms with Gasteiger partial charge in [-0.3, -0.25) is 4.79 Å². The van der Waals surface area contributed by atoms with Crippen LogP contribution in [-0.4, -0.2) is 26.2 Å². The van der Waals surface area contributed by atoms with Crippen molar-refractivity contribution in [2.45, 2.75) is 56.9 Å². The van der Waals surface area contributed by atoms with Crippen LogP contribution in [-0.2, 0) is 26.3 Å². The highest BCUT2D eigenvalue weighted by atomic mass is 19.4. The number of fused-ring (bicyclic) bond motifs is 1. The number of aromatic nitrogens is 3. The molecule has 1 saturated carbocycles. The van der Waals surface area contributed by atoms with Crippen molar-refractivity contribution in [3.63, 3.8) is 0 Å². The molecular weight excluding hydrogens is 515 g/mol. The fraction of sp³-hybridized carbons (Fsp3) is 0.323. The minimum absolute atomic E-state index is 0.0226. The van der Waals surface area contributed by atoms with E-state index >= 15 is 0 Å². The van der Waals surface area contributed by atoms with Crippen LogP contribution >= 0.6 is 0 Å². The average Bonchev–Trinajstić information content (AvgIpc) is 3.49. The molecule has 1 aromatic heterocycles. The lowest BCUT2D eigenvalue weighted by molar-refractivity contribution is -0.138. The van der Waals surface area contributed by atoms with E-state index < -0.39 is 17.6 Å². The number of halogens is 3. The summed E-state index contributed by atoms with van der Waals surface area (Å²) < 4.78 is 44.5. The van der Waals surface area contributed by atoms with Crippen molar-refractivity contribution in [3.05, 3.63) is 112 Å². The van der Waals surface area contributed by atoms with E-state index in [0.29, 0.717) is 11.3 Å². The van der Waals surface area contributed by atoms with Gasteiger partial charge < -0.3 is 14.8 Å². The van der Waals surface area contributed by atoms with Gasteiger partial charge in [0.05, 0.1) is 18.0 Å². The molecule has 0 bridgehead atoms. The molecule has 9 heteroatoms. The topological polar surface area (TPSA) is 63.1 Å². The van der Waals surface area contributed by atoms with Crippen molar-refractivity contribution < 1.29 is 18.0 Å². The highest BCUT2D eigenvalue weighted by Gasteiger charge is 2.41. The Morgan fingerprint density at radius 1 is 1.02 bits per heavy atom. The summed E-state index contributed by atoms with van der Waals surface area (Å²) in [5.41, 5.74) is 2.19. The lowest BCUT2D eigenvalue weighted by atomic mass is 9.78. The Kier molecular flexibility index (Phi) is 6.49. The van der Waals surface area contributed by atoms with Gasteiger partial charge in [0.2, 0.25) is 0 Å². The van der Waals surface area contributed by atoms with Crippen molar-refractivity contribution in [2.75, 3.05) is 4.90 Å². The first-order valence-electron chi connectivity index (χ1n) is 13.4. The van der Waals surface area contributed by atoms with E-state index in [9.17, 15) is 18.0 Å². The molecule has 2 heterocycles. The SMILES string of the molecule is Cn1cnnc1C(c1ccccc1)c1cccc(N2Cc3c(cc(CNC4(C)CCC4)cc3C(F)(F)F)C2=O)c1. The van der Waals surface area contributed by atoms with Gasteiger partial charge in [0, 0.05) is 30.4 Å². The number of hydrogen-bond acceptors (Lipinski definition) is 4. The number of carbonyl (C=O) groups excluding carboxylic acids is 1. The maximum atomic E-state index is 14.2. The predicted molar refractivity (Wildman–Crippen MR) is 146 cm³/mol. The minimum atomic E-state index is -4.57. The zero-order valence-electron chi connectivity index (χ0n) is 22.4. The number of aryl methyl sites for hydroxylation is 1. The molecule has 6 nitrogen and oxygen atoms in total. The van der Waals surface area contributed by atoms with Gasteiger partial charge in [-0.2, -0.15) is 13.2 Å². The van der Waals surface area contributed by atoms with Crippen LogP contribution in [0.5, 0.6) is 0 Å². The normalized spacial score (nSPS) is 17.0. The summed E-state index contributed by atoms with van der Waals surface area (Å²) in [6, 6.07) is 20.0. The smallest absolute Gasteiger partial charge is 0.320 e. The first-order chi connectivity index (χ1) is 19.1. The Morgan fingerprint density at radius 2 is 1.77 bits per heavy atom. The molecule has 1 aliphatic carbocycles. The van der Waals surface area contributed by atoms with E-state index in [1.54, 1.807) is 18.5 Å². The molecule has 3 aromatic carbocycles. The number of anilines is 1. The van der Waals surface area contributed by atoms with Crippen molar-refractivity contribution in [2.24, 2.45) is 7.05 Å². The molecular formula is C31H30F3N5O. The largest absolute Gasteiger partial charge is 0.416 e. The number of nitrogens with one attached hydrogen (secondary N) is 1. The van der Waals surface area contributed by atoms with Gasteiger partial charge in [-0.15, -0.1) is 10.2 Å². The van der Waals surface area contributed by atoms with Gasteiger partial charge in [0.25, 0.3) is 5.91 Å². The second kappa shape index (κ2) is 9.89. The Morgan fingerprint density at radius 3 is 2.42 bits per heavy atom. The summed E-state index contributed by atoms with van der Waals surface area (Å²) in [6.45, 7) is 2.22. The summed E-state index contributed by atoms with van der Waals surface area (Å²) in [4.78, 5) is 15.1. The lowest BCUT2D eigenvalue weighted by Crippen LogP contribution is -2.47. The molecule has 1 atom stereocenters. The van der Waals surface area contributed by atoms with Crippen molar-refractivity contribution in [1.82, 2.24) is 20.1 Å². The van der Waals surface area contributed by atoms with Gasteiger partial charge in [0.1, 0.15) is 12.2 Å². The van der Waals surface area contributed by atoms with E-state index in [0.717, 1.165) is 36.2 Å². The Balaban J connectivity index is 1.36. The van der Waals surface area contributed by atoms with Crippen LogP contribution in [0.25, 0.3) is 0 Å². The molecule has 1 unspecified atom stereocenters. The van der Waals surface area contributed by atoms with Crippen molar-refractivity contribution in [3.8, 4) is 0 Å². The van der Waals surface area contributed by atoms with Gasteiger partial charge in [-0.1, -0.05) is 42.5 Å². The Hall–Kier alpha value is -3.98. The summed E-state index contributed by atoms with van der Waals surface area (Å²) >= 11 is 0. The first kappa shape index (κ1) is 26.3. The Bertz CT molecular complexity index is 1560. The molecule has 40 heavy (non-hydrogen) atoms. The van der Waals surface area contributed by atoms with Crippen LogP contribution in [0.2, 0.25) is 0 Å². The second-order valence-electron chi connectivity index (χ2n) is 11.1. The van der Waals surface area contributed by atoms with Gasteiger partial charge in [-0.05, 0) is 72.7 Å². The standard InChI is InChI=1S/C31H30F3N5O/c1-30(12-7-13-30)35-17-20-14-24-25(26(15-20)31(32,33)34)18-39(29(24)40)23-11-6-10-22(16-23)27(21-8-4-3-5-9-21)28-37-36-19-38(28)2/h3-6,8-11,14-16,19,27,35H,7,12-13,17-18H2,1-2H3. The molecule has 0 spiro atoms. The third-order valence-corrected chi connectivity index (χ3v) is 8.24. The van der Waals surface area contributed by atoms with Gasteiger partial charge in [-0.25, -0.2) is 0 Å². The summed E-state index contributed by atoms with van der Waals surface area (Å²) in [6.07, 6.45) is 0.154. The van der Waals surface area contributed by atoms with Crippen LogP contribution in [0.4, 0.5) is 18.9 Å². The zero-order valence-corrected chi connectivity index (χ0v) is 22.4. The number of carbonyl (C=O) groups is 1. The van der Waals surface area contributed by atoms with E-state index in [4.69, 9.17) is 0 Å². The monoisotopic (exact) mass is 545 g/mol. The molecule has 1 amide bonds. The summed E-state index contributed by atoms with van der Waals surface area (Å²) in [7, 11) is 1.87. The third-order valence-electron chi connectivity index (χ3n) is 8.24. The summed E-state index contributed by atoms with van der Waals surface area (Å²) in [5.74, 6) is 0.0188. The first-order valence-corrected chi connectivity index (χ1v) is 13.4. The number of hydrogen-bond donors (Lipinski definition) is 1. The fourth-order valence-corrected chi connectivity index (χ4v) is 5.79. The Labute approximate surface area is 230 Å². The molecule has 2 aliphatic rings.